The third-order valence-corrected chi connectivity index (χ3v) is 18.7. The SMILES string of the molecule is CC(C)c1ccccc1[C@@H]1COCCN1C1CCC2(CC1)CCN(c1ccc(C(=O)NS(=O)(=O)c3ccc(NC[C@H]4CC[C@](C)(O)CC4)c([N+](=O)[O-])c3)c(N3c4cc5cc[nH]c5nc4O[C@H]4COCC[C@@H]43)c1)CC2. The molecule has 74 heavy (non-hydrogen) atoms. The van der Waals surface area contributed by atoms with E-state index in [9.17, 15) is 28.4 Å². The second kappa shape index (κ2) is 20.4. The van der Waals surface area contributed by atoms with Crippen molar-refractivity contribution in [2.75, 3.05) is 67.7 Å². The van der Waals surface area contributed by atoms with Crippen LogP contribution >= 0.6 is 0 Å². The number of piperidine rings is 1. The maximum Gasteiger partial charge on any atom is 0.293 e. The number of fused-ring (bicyclic) bond motifs is 3. The quantitative estimate of drug-likeness (QED) is 0.0679. The van der Waals surface area contributed by atoms with Crippen LogP contribution in [-0.2, 0) is 19.5 Å². The fraction of sp³-hybridized carbons (Fsp3) is 0.536. The van der Waals surface area contributed by atoms with Crippen molar-refractivity contribution in [3.05, 3.63) is 106 Å². The molecule has 5 aromatic rings. The van der Waals surface area contributed by atoms with Gasteiger partial charge in [0.1, 0.15) is 23.1 Å². The molecule has 11 rings (SSSR count). The zero-order valence-corrected chi connectivity index (χ0v) is 43.6. The number of nitro groups is 1. The summed E-state index contributed by atoms with van der Waals surface area (Å²) in [6, 6.07) is 22.6. The van der Waals surface area contributed by atoms with Crippen molar-refractivity contribution < 1.29 is 37.5 Å². The van der Waals surface area contributed by atoms with Gasteiger partial charge in [0.25, 0.3) is 21.6 Å². The number of aliphatic hydroxyl groups is 1. The Balaban J connectivity index is 0.853. The molecule has 18 heteroatoms. The average molecular weight is 1030 g/mol. The highest BCUT2D eigenvalue weighted by Gasteiger charge is 2.44. The highest BCUT2D eigenvalue weighted by Crippen LogP contribution is 2.50. The monoisotopic (exact) mass is 1030 g/mol. The Labute approximate surface area is 433 Å². The van der Waals surface area contributed by atoms with E-state index in [0.29, 0.717) is 73.9 Å². The number of nitrogens with one attached hydrogen (secondary N) is 3. The van der Waals surface area contributed by atoms with Gasteiger partial charge < -0.3 is 39.4 Å². The molecule has 0 unspecified atom stereocenters. The fourth-order valence-electron chi connectivity index (χ4n) is 13.0. The lowest BCUT2D eigenvalue weighted by Crippen LogP contribution is -2.53. The van der Waals surface area contributed by atoms with Gasteiger partial charge >= 0.3 is 0 Å². The van der Waals surface area contributed by atoms with Crippen LogP contribution in [-0.4, -0.2) is 116 Å². The number of pyridine rings is 1. The summed E-state index contributed by atoms with van der Waals surface area (Å²) in [5, 5.41) is 26.8. The second-order valence-corrected chi connectivity index (χ2v) is 24.1. The molecule has 394 valence electrons. The number of rotatable bonds is 12. The Morgan fingerprint density at radius 2 is 1.68 bits per heavy atom. The highest BCUT2D eigenvalue weighted by molar-refractivity contribution is 7.90. The van der Waals surface area contributed by atoms with Crippen molar-refractivity contribution >= 4 is 55.4 Å². The minimum atomic E-state index is -4.62. The number of benzene rings is 3. The number of nitro benzene ring substituents is 1. The standard InChI is InChI=1S/C56H70N8O9S/c1-36(2)42-6-4-5-7-43(42)50-34-72-29-27-62(50)39-14-20-56(21-15-39)22-25-61(26-23-56)40-8-10-44(47(31-40)63-46-17-28-71-35-51(46)73-54-49(63)30-38-16-24-57-52(38)59-54)53(65)60-74(69,70)41-9-11-45(48(32-41)64(67)68)58-33-37-12-18-55(3,66)19-13-37/h4-11,16,24,30-32,36-37,39,46,50-51,58,66H,12-15,17-23,25-29,33-35H2,1-3H3,(H,57,59)(H,60,65)/t37-,46-,50-,51-,55-/m0/s1. The van der Waals surface area contributed by atoms with Crippen LogP contribution in [0.5, 0.6) is 5.88 Å². The zero-order valence-electron chi connectivity index (χ0n) is 42.8. The zero-order chi connectivity index (χ0) is 51.4. The second-order valence-electron chi connectivity index (χ2n) is 22.4. The molecular formula is C56H70N8O9S. The summed E-state index contributed by atoms with van der Waals surface area (Å²) in [6.07, 6.45) is 11.5. The van der Waals surface area contributed by atoms with Gasteiger partial charge in [-0.25, -0.2) is 13.1 Å². The maximum absolute atomic E-state index is 14.7. The summed E-state index contributed by atoms with van der Waals surface area (Å²) in [5.41, 5.74) is 4.93. The van der Waals surface area contributed by atoms with Gasteiger partial charge in [-0.2, -0.15) is 4.98 Å². The molecule has 2 saturated carbocycles. The van der Waals surface area contributed by atoms with Gasteiger partial charge in [-0.05, 0) is 148 Å². The van der Waals surface area contributed by atoms with E-state index in [4.69, 9.17) is 19.2 Å². The Morgan fingerprint density at radius 1 is 0.905 bits per heavy atom. The van der Waals surface area contributed by atoms with Gasteiger partial charge in [0.2, 0.25) is 5.88 Å². The first-order chi connectivity index (χ1) is 35.6. The van der Waals surface area contributed by atoms with E-state index in [1.165, 1.54) is 36.1 Å². The van der Waals surface area contributed by atoms with Crippen molar-refractivity contribution in [2.45, 2.75) is 132 Å². The van der Waals surface area contributed by atoms with Crippen LogP contribution in [0.1, 0.15) is 125 Å². The first-order valence-electron chi connectivity index (χ1n) is 26.8. The molecule has 3 aromatic carbocycles. The lowest BCUT2D eigenvalue weighted by molar-refractivity contribution is -0.384. The van der Waals surface area contributed by atoms with Crippen LogP contribution in [0.2, 0.25) is 0 Å². The van der Waals surface area contributed by atoms with Crippen molar-refractivity contribution in [1.29, 1.82) is 0 Å². The molecule has 17 nitrogen and oxygen atoms in total. The normalized spacial score (nSPS) is 25.6. The molecule has 0 bridgehead atoms. The van der Waals surface area contributed by atoms with Crippen LogP contribution in [0.25, 0.3) is 11.0 Å². The van der Waals surface area contributed by atoms with Gasteiger partial charge in [-0.3, -0.25) is 19.8 Å². The van der Waals surface area contributed by atoms with Gasteiger partial charge in [0.05, 0.1) is 58.6 Å². The number of amides is 1. The molecule has 1 amide bonds. The molecule has 1 spiro atoms. The average Bonchev–Trinajstić information content (AvgIpc) is 3.87. The van der Waals surface area contributed by atoms with Gasteiger partial charge in [0, 0.05) is 62.2 Å². The third-order valence-electron chi connectivity index (χ3n) is 17.4. The molecule has 4 N–H and O–H groups in total. The molecule has 5 fully saturated rings. The van der Waals surface area contributed by atoms with Crippen LogP contribution in [0.3, 0.4) is 0 Å². The maximum atomic E-state index is 14.7. The van der Waals surface area contributed by atoms with Crippen LogP contribution in [0, 0.1) is 21.4 Å². The lowest BCUT2D eigenvalue weighted by Gasteiger charge is -2.50. The van der Waals surface area contributed by atoms with Gasteiger partial charge in [-0.15, -0.1) is 0 Å². The molecule has 2 aliphatic carbocycles. The van der Waals surface area contributed by atoms with E-state index in [2.05, 4.69) is 67.8 Å². The summed E-state index contributed by atoms with van der Waals surface area (Å²) in [5.74, 6) is 0.134. The summed E-state index contributed by atoms with van der Waals surface area (Å²) >= 11 is 0. The van der Waals surface area contributed by atoms with Crippen LogP contribution < -0.4 is 24.6 Å². The molecular weight excluding hydrogens is 961 g/mol. The molecule has 0 radical (unpaired) electrons. The van der Waals surface area contributed by atoms with Gasteiger partial charge in [-0.1, -0.05) is 38.1 Å². The van der Waals surface area contributed by atoms with E-state index in [1.54, 1.807) is 6.07 Å². The number of carbonyl (C=O) groups excluding carboxylic acids is 1. The van der Waals surface area contributed by atoms with Gasteiger partial charge in [0.15, 0.2) is 0 Å². The number of nitrogens with zero attached hydrogens (tertiary/aromatic N) is 5. The summed E-state index contributed by atoms with van der Waals surface area (Å²) in [7, 11) is -4.62. The first-order valence-corrected chi connectivity index (χ1v) is 28.3. The molecule has 6 heterocycles. The van der Waals surface area contributed by atoms with E-state index in [0.717, 1.165) is 88.5 Å². The number of hydrogen-bond donors (Lipinski definition) is 4. The molecule has 3 atom stereocenters. The van der Waals surface area contributed by atoms with E-state index < -0.39 is 43.1 Å². The summed E-state index contributed by atoms with van der Waals surface area (Å²) < 4.78 is 49.3. The largest absolute Gasteiger partial charge is 0.468 e. The highest BCUT2D eigenvalue weighted by atomic mass is 32.2. The van der Waals surface area contributed by atoms with E-state index in [1.807, 2.05) is 37.4 Å². The van der Waals surface area contributed by atoms with Crippen molar-refractivity contribution in [3.8, 4) is 5.88 Å². The number of carbonyl (C=O) groups is 1. The Kier molecular flexibility index (Phi) is 13.9. The minimum Gasteiger partial charge on any atom is -0.468 e. The Bertz CT molecular complexity index is 2990. The molecule has 3 saturated heterocycles. The van der Waals surface area contributed by atoms with Crippen molar-refractivity contribution in [3.63, 3.8) is 0 Å². The molecule has 2 aromatic heterocycles. The smallest absolute Gasteiger partial charge is 0.293 e. The fourth-order valence-corrected chi connectivity index (χ4v) is 14.0. The number of H-pyrrole nitrogens is 1. The number of hydrogen-bond acceptors (Lipinski definition) is 14. The topological polar surface area (TPSA) is 205 Å². The molecule has 6 aliphatic rings. The predicted molar refractivity (Wildman–Crippen MR) is 284 cm³/mol. The summed E-state index contributed by atoms with van der Waals surface area (Å²) in [4.78, 5) is 41.4. The van der Waals surface area contributed by atoms with Crippen LogP contribution in [0.15, 0.2) is 83.9 Å². The summed E-state index contributed by atoms with van der Waals surface area (Å²) in [6.45, 7) is 11.7. The molecule has 4 aliphatic heterocycles. The number of anilines is 4. The first kappa shape index (κ1) is 50.4. The van der Waals surface area contributed by atoms with E-state index in [-0.39, 0.29) is 34.7 Å². The minimum absolute atomic E-state index is 0.119. The van der Waals surface area contributed by atoms with Crippen molar-refractivity contribution in [1.82, 2.24) is 19.6 Å². The predicted octanol–water partition coefficient (Wildman–Crippen LogP) is 9.36. The van der Waals surface area contributed by atoms with Crippen molar-refractivity contribution in [2.24, 2.45) is 11.3 Å². The Morgan fingerprint density at radius 3 is 2.45 bits per heavy atom. The number of aromatic amines is 1. The number of sulfonamides is 1. The Hall–Kier alpha value is -5.79. The number of ether oxygens (including phenoxy) is 3. The third kappa shape index (κ3) is 10.1. The number of morpholine rings is 1. The lowest BCUT2D eigenvalue weighted by atomic mass is 9.66. The number of aromatic nitrogens is 2. The van der Waals surface area contributed by atoms with E-state index >= 15 is 0 Å². The van der Waals surface area contributed by atoms with Crippen LogP contribution in [0.4, 0.5) is 28.4 Å².